The summed E-state index contributed by atoms with van der Waals surface area (Å²) in [7, 11) is 1.77. The average Bonchev–Trinajstić information content (AvgIpc) is 2.55. The number of halogens is 1. The number of aromatic nitrogens is 2. The first kappa shape index (κ1) is 16.2. The SMILES string of the molecule is C=Cc1c(NC)nc(Cl)nc1C(=CCCO)c1ccccc1. The van der Waals surface area contributed by atoms with Crippen LogP contribution in [0.3, 0.4) is 0 Å². The van der Waals surface area contributed by atoms with Crippen molar-refractivity contribution in [1.29, 1.82) is 0 Å². The van der Waals surface area contributed by atoms with E-state index in [1.165, 1.54) is 0 Å². The highest BCUT2D eigenvalue weighted by Gasteiger charge is 2.15. The van der Waals surface area contributed by atoms with E-state index >= 15 is 0 Å². The normalized spacial score (nSPS) is 11.3. The highest BCUT2D eigenvalue weighted by atomic mass is 35.5. The van der Waals surface area contributed by atoms with Gasteiger partial charge in [-0.05, 0) is 23.6 Å². The van der Waals surface area contributed by atoms with Crippen LogP contribution in [0.2, 0.25) is 5.28 Å². The van der Waals surface area contributed by atoms with Crippen LogP contribution in [0.1, 0.15) is 23.2 Å². The van der Waals surface area contributed by atoms with Crippen LogP contribution in [-0.4, -0.2) is 28.7 Å². The van der Waals surface area contributed by atoms with Crippen molar-refractivity contribution in [1.82, 2.24) is 9.97 Å². The molecule has 4 nitrogen and oxygen atoms in total. The van der Waals surface area contributed by atoms with Crippen LogP contribution < -0.4 is 5.32 Å². The Hall–Kier alpha value is -2.17. The van der Waals surface area contributed by atoms with Gasteiger partial charge in [-0.2, -0.15) is 0 Å². The Morgan fingerprint density at radius 2 is 2.05 bits per heavy atom. The van der Waals surface area contributed by atoms with Gasteiger partial charge in [0.25, 0.3) is 0 Å². The van der Waals surface area contributed by atoms with Crippen LogP contribution in [0.15, 0.2) is 43.0 Å². The highest BCUT2D eigenvalue weighted by molar-refractivity contribution is 6.28. The van der Waals surface area contributed by atoms with Gasteiger partial charge in [0.2, 0.25) is 5.28 Å². The smallest absolute Gasteiger partial charge is 0.224 e. The lowest BCUT2D eigenvalue weighted by Crippen LogP contribution is -2.04. The molecular formula is C17H18ClN3O. The van der Waals surface area contributed by atoms with Gasteiger partial charge in [-0.3, -0.25) is 0 Å². The van der Waals surface area contributed by atoms with Crippen LogP contribution in [0.4, 0.5) is 5.82 Å². The molecule has 0 aliphatic heterocycles. The zero-order valence-electron chi connectivity index (χ0n) is 12.4. The lowest BCUT2D eigenvalue weighted by molar-refractivity contribution is 0.303. The number of benzene rings is 1. The second-order valence-electron chi connectivity index (χ2n) is 4.55. The van der Waals surface area contributed by atoms with E-state index in [2.05, 4.69) is 21.9 Å². The first-order chi connectivity index (χ1) is 10.7. The summed E-state index contributed by atoms with van der Waals surface area (Å²) in [6, 6.07) is 9.85. The number of anilines is 1. The summed E-state index contributed by atoms with van der Waals surface area (Å²) in [5, 5.41) is 12.3. The fraction of sp³-hybridized carbons (Fsp3) is 0.176. The van der Waals surface area contributed by atoms with Crippen molar-refractivity contribution < 1.29 is 5.11 Å². The molecular weight excluding hydrogens is 298 g/mol. The molecule has 114 valence electrons. The van der Waals surface area contributed by atoms with Crippen molar-refractivity contribution in [2.45, 2.75) is 6.42 Å². The van der Waals surface area contributed by atoms with Gasteiger partial charge in [0.15, 0.2) is 0 Å². The van der Waals surface area contributed by atoms with Crippen LogP contribution in [0, 0.1) is 0 Å². The minimum atomic E-state index is 0.0669. The van der Waals surface area contributed by atoms with E-state index in [-0.39, 0.29) is 11.9 Å². The van der Waals surface area contributed by atoms with Crippen LogP contribution in [0.5, 0.6) is 0 Å². The molecule has 1 heterocycles. The quantitative estimate of drug-likeness (QED) is 0.799. The number of hydrogen-bond donors (Lipinski definition) is 2. The van der Waals surface area contributed by atoms with E-state index in [0.29, 0.717) is 17.9 Å². The number of aliphatic hydroxyl groups excluding tert-OH is 1. The molecule has 0 amide bonds. The van der Waals surface area contributed by atoms with Crippen molar-refractivity contribution in [2.24, 2.45) is 0 Å². The van der Waals surface area contributed by atoms with Crippen molar-refractivity contribution in [3.8, 4) is 0 Å². The van der Waals surface area contributed by atoms with Gasteiger partial charge in [-0.15, -0.1) is 0 Å². The summed E-state index contributed by atoms with van der Waals surface area (Å²) < 4.78 is 0. The molecule has 0 bridgehead atoms. The van der Waals surface area contributed by atoms with Gasteiger partial charge in [0, 0.05) is 24.8 Å². The van der Waals surface area contributed by atoms with Gasteiger partial charge in [-0.1, -0.05) is 49.1 Å². The topological polar surface area (TPSA) is 58.0 Å². The number of aliphatic hydroxyl groups is 1. The molecule has 2 rings (SSSR count). The zero-order chi connectivity index (χ0) is 15.9. The number of hydrogen-bond acceptors (Lipinski definition) is 4. The molecule has 2 aromatic rings. The van der Waals surface area contributed by atoms with Crippen LogP contribution >= 0.6 is 11.6 Å². The maximum Gasteiger partial charge on any atom is 0.224 e. The Kier molecular flexibility index (Phi) is 5.69. The number of rotatable bonds is 6. The van der Waals surface area contributed by atoms with E-state index in [1.54, 1.807) is 13.1 Å². The van der Waals surface area contributed by atoms with Gasteiger partial charge in [0.05, 0.1) is 5.69 Å². The van der Waals surface area contributed by atoms with E-state index in [9.17, 15) is 0 Å². The minimum Gasteiger partial charge on any atom is -0.396 e. The summed E-state index contributed by atoms with van der Waals surface area (Å²) >= 11 is 6.05. The van der Waals surface area contributed by atoms with Crippen LogP contribution in [0.25, 0.3) is 11.6 Å². The maximum absolute atomic E-state index is 9.15. The number of nitrogens with one attached hydrogen (secondary N) is 1. The van der Waals surface area contributed by atoms with E-state index < -0.39 is 0 Å². The largest absolute Gasteiger partial charge is 0.396 e. The lowest BCUT2D eigenvalue weighted by atomic mass is 9.97. The second kappa shape index (κ2) is 7.73. The highest BCUT2D eigenvalue weighted by Crippen LogP contribution is 2.30. The van der Waals surface area contributed by atoms with Crippen molar-refractivity contribution in [3.05, 3.63) is 65.1 Å². The average molecular weight is 316 g/mol. The third-order valence-electron chi connectivity index (χ3n) is 3.18. The Labute approximate surface area is 135 Å². The lowest BCUT2D eigenvalue weighted by Gasteiger charge is -2.14. The molecule has 5 heteroatoms. The van der Waals surface area contributed by atoms with Gasteiger partial charge in [0.1, 0.15) is 5.82 Å². The van der Waals surface area contributed by atoms with E-state index in [1.807, 2.05) is 36.4 Å². The molecule has 1 aromatic carbocycles. The van der Waals surface area contributed by atoms with Gasteiger partial charge >= 0.3 is 0 Å². The first-order valence-corrected chi connectivity index (χ1v) is 7.33. The molecule has 0 spiro atoms. The molecule has 0 atom stereocenters. The number of nitrogens with zero attached hydrogens (tertiary/aromatic N) is 2. The molecule has 0 aliphatic carbocycles. The molecule has 0 unspecified atom stereocenters. The van der Waals surface area contributed by atoms with Crippen molar-refractivity contribution in [3.63, 3.8) is 0 Å². The Bertz CT molecular complexity index is 684. The molecule has 22 heavy (non-hydrogen) atoms. The van der Waals surface area contributed by atoms with Crippen molar-refractivity contribution >= 4 is 29.1 Å². The Morgan fingerprint density at radius 1 is 1.32 bits per heavy atom. The molecule has 0 saturated carbocycles. The predicted octanol–water partition coefficient (Wildman–Crippen LogP) is 3.63. The Balaban J connectivity index is 2.67. The predicted molar refractivity (Wildman–Crippen MR) is 91.9 cm³/mol. The molecule has 0 aliphatic rings. The van der Waals surface area contributed by atoms with Crippen LogP contribution in [-0.2, 0) is 0 Å². The third-order valence-corrected chi connectivity index (χ3v) is 3.35. The fourth-order valence-electron chi connectivity index (χ4n) is 2.21. The standard InChI is InChI=1S/C17H18ClN3O/c1-3-13-15(20-17(18)21-16(13)19-2)14(10-7-11-22)12-8-5-4-6-9-12/h3-6,8-10,22H,1,7,11H2,2H3,(H,19,20,21). The Morgan fingerprint density at radius 3 is 2.64 bits per heavy atom. The third kappa shape index (κ3) is 3.53. The molecule has 0 radical (unpaired) electrons. The van der Waals surface area contributed by atoms with Crippen molar-refractivity contribution in [2.75, 3.05) is 19.0 Å². The molecule has 0 fully saturated rings. The second-order valence-corrected chi connectivity index (χ2v) is 4.89. The zero-order valence-corrected chi connectivity index (χ0v) is 13.1. The summed E-state index contributed by atoms with van der Waals surface area (Å²) in [5.41, 5.74) is 3.36. The monoisotopic (exact) mass is 315 g/mol. The molecule has 0 saturated heterocycles. The van der Waals surface area contributed by atoms with Gasteiger partial charge < -0.3 is 10.4 Å². The molecule has 2 N–H and O–H groups in total. The van der Waals surface area contributed by atoms with Gasteiger partial charge in [-0.25, -0.2) is 9.97 Å². The minimum absolute atomic E-state index is 0.0669. The summed E-state index contributed by atoms with van der Waals surface area (Å²) in [5.74, 6) is 0.621. The molecule has 1 aromatic heterocycles. The van der Waals surface area contributed by atoms with E-state index in [4.69, 9.17) is 16.7 Å². The summed E-state index contributed by atoms with van der Waals surface area (Å²) in [6.07, 6.45) is 4.17. The first-order valence-electron chi connectivity index (χ1n) is 6.95. The van der Waals surface area contributed by atoms with E-state index in [0.717, 1.165) is 16.7 Å². The maximum atomic E-state index is 9.15. The fourth-order valence-corrected chi connectivity index (χ4v) is 2.38. The summed E-state index contributed by atoms with van der Waals surface area (Å²) in [4.78, 5) is 8.55. The summed E-state index contributed by atoms with van der Waals surface area (Å²) in [6.45, 7) is 3.91.